The van der Waals surface area contributed by atoms with Crippen molar-refractivity contribution in [2.75, 3.05) is 6.61 Å². The number of esters is 1. The second-order valence-corrected chi connectivity index (χ2v) is 5.90. The molecule has 0 saturated carbocycles. The SMILES string of the molecule is CC(=O)c1c(C)[nH]c(C(=O)COC(=O)/C=C/c2ccccc2C)c1C. The molecule has 0 bridgehead atoms. The van der Waals surface area contributed by atoms with Crippen LogP contribution >= 0.6 is 0 Å². The third-order valence-electron chi connectivity index (χ3n) is 4.00. The summed E-state index contributed by atoms with van der Waals surface area (Å²) in [5, 5.41) is 0. The van der Waals surface area contributed by atoms with Gasteiger partial charge in [0.2, 0.25) is 5.78 Å². The number of aromatic amines is 1. The second kappa shape index (κ2) is 7.75. The molecule has 0 unspecified atom stereocenters. The van der Waals surface area contributed by atoms with E-state index in [1.54, 1.807) is 19.9 Å². The van der Waals surface area contributed by atoms with Crippen LogP contribution in [0.1, 0.15) is 50.2 Å². The number of ether oxygens (including phenoxy) is 1. The molecule has 2 rings (SSSR count). The summed E-state index contributed by atoms with van der Waals surface area (Å²) in [4.78, 5) is 38.6. The molecule has 0 aliphatic heterocycles. The smallest absolute Gasteiger partial charge is 0.331 e. The standard InChI is InChI=1S/C20H21NO4/c1-12-7-5-6-8-16(12)9-10-18(24)25-11-17(23)20-13(2)19(15(4)22)14(3)21-20/h5-10,21H,11H2,1-4H3/b10-9+. The number of aromatic nitrogens is 1. The van der Waals surface area contributed by atoms with Gasteiger partial charge in [-0.2, -0.15) is 0 Å². The van der Waals surface area contributed by atoms with Gasteiger partial charge in [-0.25, -0.2) is 4.79 Å². The molecule has 0 spiro atoms. The third kappa shape index (κ3) is 4.32. The van der Waals surface area contributed by atoms with Crippen molar-refractivity contribution in [2.24, 2.45) is 0 Å². The number of nitrogens with one attached hydrogen (secondary N) is 1. The van der Waals surface area contributed by atoms with Crippen LogP contribution in [0.15, 0.2) is 30.3 Å². The van der Waals surface area contributed by atoms with Crippen LogP contribution in [0.4, 0.5) is 0 Å². The average molecular weight is 339 g/mol. The van der Waals surface area contributed by atoms with E-state index in [1.165, 1.54) is 13.0 Å². The summed E-state index contributed by atoms with van der Waals surface area (Å²) in [7, 11) is 0. The Morgan fingerprint density at radius 1 is 1.12 bits per heavy atom. The van der Waals surface area contributed by atoms with Gasteiger partial charge < -0.3 is 9.72 Å². The minimum absolute atomic E-state index is 0.108. The first-order chi connectivity index (χ1) is 11.8. The van der Waals surface area contributed by atoms with Crippen LogP contribution in [0, 0.1) is 20.8 Å². The van der Waals surface area contributed by atoms with Crippen LogP contribution in [0.5, 0.6) is 0 Å². The van der Waals surface area contributed by atoms with Crippen molar-refractivity contribution in [1.29, 1.82) is 0 Å². The van der Waals surface area contributed by atoms with E-state index in [4.69, 9.17) is 4.74 Å². The van der Waals surface area contributed by atoms with Gasteiger partial charge >= 0.3 is 5.97 Å². The summed E-state index contributed by atoms with van der Waals surface area (Å²) in [6, 6.07) is 7.63. The highest BCUT2D eigenvalue weighted by atomic mass is 16.5. The summed E-state index contributed by atoms with van der Waals surface area (Å²) in [6.45, 7) is 6.45. The maximum absolute atomic E-state index is 12.2. The number of hydrogen-bond donors (Lipinski definition) is 1. The largest absolute Gasteiger partial charge is 0.454 e. The first-order valence-electron chi connectivity index (χ1n) is 7.95. The van der Waals surface area contributed by atoms with Gasteiger partial charge in [-0.1, -0.05) is 24.3 Å². The highest BCUT2D eigenvalue weighted by Gasteiger charge is 2.20. The van der Waals surface area contributed by atoms with Crippen molar-refractivity contribution >= 4 is 23.6 Å². The van der Waals surface area contributed by atoms with Crippen LogP contribution in [-0.4, -0.2) is 29.1 Å². The summed E-state index contributed by atoms with van der Waals surface area (Å²) in [5.41, 5.74) is 3.98. The first-order valence-corrected chi connectivity index (χ1v) is 7.95. The summed E-state index contributed by atoms with van der Waals surface area (Å²) < 4.78 is 5.00. The van der Waals surface area contributed by atoms with Crippen LogP contribution in [-0.2, 0) is 9.53 Å². The lowest BCUT2D eigenvalue weighted by molar-refractivity contribution is -0.136. The Morgan fingerprint density at radius 2 is 1.80 bits per heavy atom. The number of hydrogen-bond acceptors (Lipinski definition) is 4. The van der Waals surface area contributed by atoms with E-state index in [9.17, 15) is 14.4 Å². The quantitative estimate of drug-likeness (QED) is 0.496. The molecule has 5 heteroatoms. The van der Waals surface area contributed by atoms with E-state index >= 15 is 0 Å². The maximum atomic E-state index is 12.2. The van der Waals surface area contributed by atoms with E-state index in [-0.39, 0.29) is 18.2 Å². The van der Waals surface area contributed by atoms with Gasteiger partial charge in [0.25, 0.3) is 0 Å². The second-order valence-electron chi connectivity index (χ2n) is 5.90. The van der Waals surface area contributed by atoms with Gasteiger partial charge in [0.1, 0.15) is 0 Å². The number of carbonyl (C=O) groups is 3. The van der Waals surface area contributed by atoms with Crippen molar-refractivity contribution in [3.63, 3.8) is 0 Å². The molecule has 0 amide bonds. The number of Topliss-reactive ketones (excluding diaryl/α,β-unsaturated/α-hetero) is 2. The normalized spacial score (nSPS) is 10.9. The molecule has 0 saturated heterocycles. The van der Waals surface area contributed by atoms with Crippen LogP contribution in [0.25, 0.3) is 6.08 Å². The molecular formula is C20H21NO4. The molecular weight excluding hydrogens is 318 g/mol. The summed E-state index contributed by atoms with van der Waals surface area (Å²) >= 11 is 0. The predicted molar refractivity (Wildman–Crippen MR) is 95.8 cm³/mol. The Kier molecular flexibility index (Phi) is 5.70. The van der Waals surface area contributed by atoms with Crippen LogP contribution in [0.2, 0.25) is 0 Å². The molecule has 1 N–H and O–H groups in total. The van der Waals surface area contributed by atoms with E-state index in [0.717, 1.165) is 11.1 Å². The fourth-order valence-corrected chi connectivity index (χ4v) is 2.75. The van der Waals surface area contributed by atoms with Gasteiger partial charge in [0, 0.05) is 17.3 Å². The third-order valence-corrected chi connectivity index (χ3v) is 4.00. The molecule has 0 fully saturated rings. The number of benzene rings is 1. The zero-order valence-corrected chi connectivity index (χ0v) is 14.8. The van der Waals surface area contributed by atoms with Gasteiger partial charge in [-0.3, -0.25) is 9.59 Å². The molecule has 0 radical (unpaired) electrons. The zero-order chi connectivity index (χ0) is 18.6. The van der Waals surface area contributed by atoms with E-state index in [1.807, 2.05) is 31.2 Å². The lowest BCUT2D eigenvalue weighted by Crippen LogP contribution is -2.14. The van der Waals surface area contributed by atoms with Gasteiger partial charge in [0.05, 0.1) is 5.69 Å². The van der Waals surface area contributed by atoms with Crippen molar-refractivity contribution in [3.8, 4) is 0 Å². The fraction of sp³-hybridized carbons (Fsp3) is 0.250. The highest BCUT2D eigenvalue weighted by Crippen LogP contribution is 2.19. The molecule has 1 heterocycles. The molecule has 2 aromatic rings. The van der Waals surface area contributed by atoms with E-state index < -0.39 is 5.97 Å². The van der Waals surface area contributed by atoms with Crippen molar-refractivity contribution in [2.45, 2.75) is 27.7 Å². The Labute approximate surface area is 146 Å². The van der Waals surface area contributed by atoms with E-state index in [2.05, 4.69) is 4.98 Å². The number of H-pyrrole nitrogens is 1. The average Bonchev–Trinajstić information content (AvgIpc) is 2.86. The maximum Gasteiger partial charge on any atom is 0.331 e. The van der Waals surface area contributed by atoms with Crippen LogP contribution in [0.3, 0.4) is 0 Å². The first kappa shape index (κ1) is 18.4. The molecule has 1 aromatic carbocycles. The van der Waals surface area contributed by atoms with Crippen molar-refractivity contribution < 1.29 is 19.1 Å². The van der Waals surface area contributed by atoms with Crippen molar-refractivity contribution in [1.82, 2.24) is 4.98 Å². The van der Waals surface area contributed by atoms with Crippen LogP contribution < -0.4 is 0 Å². The summed E-state index contributed by atoms with van der Waals surface area (Å²) in [5.74, 6) is -1.07. The van der Waals surface area contributed by atoms with Gasteiger partial charge in [0.15, 0.2) is 12.4 Å². The Morgan fingerprint density at radius 3 is 2.40 bits per heavy atom. The molecule has 0 aliphatic rings. The van der Waals surface area contributed by atoms with E-state index in [0.29, 0.717) is 22.5 Å². The minimum Gasteiger partial charge on any atom is -0.454 e. The predicted octanol–water partition coefficient (Wildman–Crippen LogP) is 3.58. The van der Waals surface area contributed by atoms with Gasteiger partial charge in [-0.15, -0.1) is 0 Å². The topological polar surface area (TPSA) is 76.2 Å². The van der Waals surface area contributed by atoms with Gasteiger partial charge in [-0.05, 0) is 50.5 Å². The lowest BCUT2D eigenvalue weighted by atomic mass is 10.1. The molecule has 130 valence electrons. The number of aryl methyl sites for hydroxylation is 2. The molecule has 1 aromatic heterocycles. The monoisotopic (exact) mass is 339 g/mol. The molecule has 25 heavy (non-hydrogen) atoms. The number of carbonyl (C=O) groups excluding carboxylic acids is 3. The Balaban J connectivity index is 2.01. The molecule has 0 aliphatic carbocycles. The molecule has 5 nitrogen and oxygen atoms in total. The fourth-order valence-electron chi connectivity index (χ4n) is 2.75. The Bertz CT molecular complexity index is 859. The minimum atomic E-state index is -0.593. The number of rotatable bonds is 6. The number of ketones is 2. The molecule has 0 atom stereocenters. The Hall–Kier alpha value is -2.95. The summed E-state index contributed by atoms with van der Waals surface area (Å²) in [6.07, 6.45) is 2.95. The highest BCUT2D eigenvalue weighted by molar-refractivity contribution is 6.04. The zero-order valence-electron chi connectivity index (χ0n) is 14.8. The lowest BCUT2D eigenvalue weighted by Gasteiger charge is -2.02. The van der Waals surface area contributed by atoms with Crippen molar-refractivity contribution in [3.05, 3.63) is 64.0 Å².